The van der Waals surface area contributed by atoms with Crippen molar-refractivity contribution in [3.05, 3.63) is 0 Å². The van der Waals surface area contributed by atoms with Crippen LogP contribution in [0.3, 0.4) is 0 Å². The number of nitrogens with one attached hydrogen (secondary N) is 2. The third kappa shape index (κ3) is 3.44. The molecule has 2 amide bonds. The Kier molecular flexibility index (Phi) is 4.25. The van der Waals surface area contributed by atoms with E-state index in [1.807, 2.05) is 0 Å². The van der Waals surface area contributed by atoms with Crippen molar-refractivity contribution in [2.24, 2.45) is 11.3 Å². The van der Waals surface area contributed by atoms with Crippen LogP contribution >= 0.6 is 0 Å². The summed E-state index contributed by atoms with van der Waals surface area (Å²) in [6, 6.07) is -0.338. The minimum absolute atomic E-state index is 0.230. The Balaban J connectivity index is 1.88. The van der Waals surface area contributed by atoms with Crippen molar-refractivity contribution in [3.63, 3.8) is 0 Å². The molecule has 2 aliphatic carbocycles. The van der Waals surface area contributed by atoms with E-state index in [1.54, 1.807) is 0 Å². The predicted octanol–water partition coefficient (Wildman–Crippen LogP) is 2.51. The van der Waals surface area contributed by atoms with Crippen LogP contribution in [0.2, 0.25) is 0 Å². The molecule has 0 unspecified atom stereocenters. The van der Waals surface area contributed by atoms with E-state index >= 15 is 0 Å². The first-order valence-corrected chi connectivity index (χ1v) is 7.69. The number of carboxylic acid groups (broad SMARTS) is 1. The smallest absolute Gasteiger partial charge is 0.329 e. The highest BCUT2D eigenvalue weighted by atomic mass is 16.4. The molecule has 5 heteroatoms. The summed E-state index contributed by atoms with van der Waals surface area (Å²) in [7, 11) is 0. The topological polar surface area (TPSA) is 78.4 Å². The molecule has 0 bridgehead atoms. The fourth-order valence-corrected chi connectivity index (χ4v) is 2.92. The van der Waals surface area contributed by atoms with Crippen molar-refractivity contribution in [1.29, 1.82) is 0 Å². The van der Waals surface area contributed by atoms with Gasteiger partial charge in [-0.2, -0.15) is 0 Å². The van der Waals surface area contributed by atoms with Gasteiger partial charge in [-0.25, -0.2) is 9.59 Å². The maximum Gasteiger partial charge on any atom is 0.329 e. The van der Waals surface area contributed by atoms with Gasteiger partial charge in [-0.15, -0.1) is 0 Å². The zero-order chi connectivity index (χ0) is 14.8. The minimum atomic E-state index is -1.07. The summed E-state index contributed by atoms with van der Waals surface area (Å²) in [5.74, 6) is -0.308. The van der Waals surface area contributed by atoms with E-state index < -0.39 is 11.5 Å². The second-order valence-electron chi connectivity index (χ2n) is 6.86. The first-order chi connectivity index (χ1) is 9.39. The number of hydrogen-bond donors (Lipinski definition) is 3. The minimum Gasteiger partial charge on any atom is -0.480 e. The Morgan fingerprint density at radius 1 is 1.20 bits per heavy atom. The van der Waals surface area contributed by atoms with Crippen molar-refractivity contribution < 1.29 is 14.7 Å². The van der Waals surface area contributed by atoms with E-state index in [2.05, 4.69) is 24.5 Å². The average molecular weight is 282 g/mol. The summed E-state index contributed by atoms with van der Waals surface area (Å²) in [5.41, 5.74) is -0.839. The average Bonchev–Trinajstić information content (AvgIpc) is 3.16. The fraction of sp³-hybridized carbons (Fsp3) is 0.867. The SMILES string of the molecule is CCC1CCC(NC(=O)NCC2(C)CC2)(C(=O)O)CC1. The Labute approximate surface area is 120 Å². The molecule has 0 aliphatic heterocycles. The van der Waals surface area contributed by atoms with Gasteiger partial charge in [-0.1, -0.05) is 20.3 Å². The summed E-state index contributed by atoms with van der Waals surface area (Å²) in [5, 5.41) is 15.0. The number of urea groups is 1. The number of carbonyl (C=O) groups is 2. The van der Waals surface area contributed by atoms with Crippen molar-refractivity contribution in [1.82, 2.24) is 10.6 Å². The summed E-state index contributed by atoms with van der Waals surface area (Å²) in [4.78, 5) is 23.5. The Hall–Kier alpha value is -1.26. The van der Waals surface area contributed by atoms with Crippen molar-refractivity contribution >= 4 is 12.0 Å². The van der Waals surface area contributed by atoms with Crippen molar-refractivity contribution in [2.75, 3.05) is 6.54 Å². The third-order valence-corrected chi connectivity index (χ3v) is 5.08. The van der Waals surface area contributed by atoms with E-state index in [-0.39, 0.29) is 11.4 Å². The molecular weight excluding hydrogens is 256 g/mol. The number of hydrogen-bond acceptors (Lipinski definition) is 2. The van der Waals surface area contributed by atoms with Gasteiger partial charge in [0.2, 0.25) is 0 Å². The van der Waals surface area contributed by atoms with Crippen LogP contribution in [0.25, 0.3) is 0 Å². The number of amides is 2. The standard InChI is InChI=1S/C15H26N2O3/c1-3-11-4-6-15(7-5-11,12(18)19)17-13(20)16-10-14(2)8-9-14/h11H,3-10H2,1-2H3,(H,18,19)(H2,16,17,20). The fourth-order valence-electron chi connectivity index (χ4n) is 2.92. The Morgan fingerprint density at radius 2 is 1.80 bits per heavy atom. The van der Waals surface area contributed by atoms with Crippen LogP contribution in [-0.4, -0.2) is 29.2 Å². The highest BCUT2D eigenvalue weighted by Crippen LogP contribution is 2.44. The lowest BCUT2D eigenvalue weighted by Crippen LogP contribution is -2.59. The predicted molar refractivity (Wildman–Crippen MR) is 76.5 cm³/mol. The van der Waals surface area contributed by atoms with Crippen LogP contribution in [0, 0.1) is 11.3 Å². The lowest BCUT2D eigenvalue weighted by molar-refractivity contribution is -0.146. The van der Waals surface area contributed by atoms with Gasteiger partial charge >= 0.3 is 12.0 Å². The van der Waals surface area contributed by atoms with E-state index in [0.29, 0.717) is 25.3 Å². The number of carbonyl (C=O) groups excluding carboxylic acids is 1. The van der Waals surface area contributed by atoms with Crippen LogP contribution < -0.4 is 10.6 Å². The van der Waals surface area contributed by atoms with Crippen LogP contribution in [-0.2, 0) is 4.79 Å². The van der Waals surface area contributed by atoms with Crippen molar-refractivity contribution in [2.45, 2.75) is 64.3 Å². The first kappa shape index (κ1) is 15.1. The zero-order valence-electron chi connectivity index (χ0n) is 12.5. The maximum absolute atomic E-state index is 12.0. The molecule has 2 fully saturated rings. The Bertz CT molecular complexity index is 383. The second-order valence-corrected chi connectivity index (χ2v) is 6.86. The van der Waals surface area contributed by atoms with Gasteiger partial charge in [0, 0.05) is 6.54 Å². The second kappa shape index (κ2) is 5.62. The molecule has 0 heterocycles. The molecule has 0 aromatic heterocycles. The van der Waals surface area contributed by atoms with Crippen LogP contribution in [0.5, 0.6) is 0 Å². The molecule has 0 aromatic rings. The van der Waals surface area contributed by atoms with E-state index in [9.17, 15) is 14.7 Å². The Morgan fingerprint density at radius 3 is 2.25 bits per heavy atom. The van der Waals surface area contributed by atoms with Crippen LogP contribution in [0.15, 0.2) is 0 Å². The summed E-state index contributed by atoms with van der Waals surface area (Å²) < 4.78 is 0. The molecule has 0 spiro atoms. The highest BCUT2D eigenvalue weighted by Gasteiger charge is 2.43. The van der Waals surface area contributed by atoms with Gasteiger partial charge in [0.25, 0.3) is 0 Å². The zero-order valence-corrected chi connectivity index (χ0v) is 12.5. The summed E-state index contributed by atoms with van der Waals surface area (Å²) in [6.07, 6.45) is 6.17. The van der Waals surface area contributed by atoms with Gasteiger partial charge < -0.3 is 15.7 Å². The number of carboxylic acids is 1. The molecular formula is C15H26N2O3. The van der Waals surface area contributed by atoms with E-state index in [4.69, 9.17) is 0 Å². The molecule has 114 valence electrons. The van der Waals surface area contributed by atoms with Gasteiger partial charge in [0.1, 0.15) is 5.54 Å². The first-order valence-electron chi connectivity index (χ1n) is 7.69. The molecule has 2 saturated carbocycles. The summed E-state index contributed by atoms with van der Waals surface area (Å²) >= 11 is 0. The van der Waals surface area contributed by atoms with Crippen molar-refractivity contribution in [3.8, 4) is 0 Å². The monoisotopic (exact) mass is 282 g/mol. The van der Waals surface area contributed by atoms with Crippen LogP contribution in [0.1, 0.15) is 58.8 Å². The summed E-state index contributed by atoms with van der Waals surface area (Å²) in [6.45, 7) is 4.90. The molecule has 2 rings (SSSR count). The van der Waals surface area contributed by atoms with Crippen LogP contribution in [0.4, 0.5) is 4.79 Å². The third-order valence-electron chi connectivity index (χ3n) is 5.08. The maximum atomic E-state index is 12.0. The largest absolute Gasteiger partial charge is 0.480 e. The quantitative estimate of drug-likeness (QED) is 0.725. The van der Waals surface area contributed by atoms with Gasteiger partial charge in [-0.05, 0) is 49.9 Å². The lowest BCUT2D eigenvalue weighted by atomic mass is 9.75. The molecule has 0 saturated heterocycles. The van der Waals surface area contributed by atoms with Gasteiger partial charge in [-0.3, -0.25) is 0 Å². The normalized spacial score (nSPS) is 31.4. The number of aliphatic carboxylic acids is 1. The molecule has 3 N–H and O–H groups in total. The highest BCUT2D eigenvalue weighted by molar-refractivity contribution is 5.86. The molecule has 2 aliphatic rings. The molecule has 20 heavy (non-hydrogen) atoms. The van der Waals surface area contributed by atoms with Gasteiger partial charge in [0.15, 0.2) is 0 Å². The molecule has 5 nitrogen and oxygen atoms in total. The molecule has 0 aromatic carbocycles. The van der Waals surface area contributed by atoms with E-state index in [1.165, 1.54) is 0 Å². The molecule has 0 radical (unpaired) electrons. The lowest BCUT2D eigenvalue weighted by Gasteiger charge is -2.37. The van der Waals surface area contributed by atoms with E-state index in [0.717, 1.165) is 32.1 Å². The molecule has 0 atom stereocenters. The van der Waals surface area contributed by atoms with Gasteiger partial charge in [0.05, 0.1) is 0 Å². The number of rotatable bonds is 5.